The SMILES string of the molecule is C[P+](C)(C)CCCCCCO.NCCCC[C@H](N)C(=O)[O-]. The molecule has 0 amide bonds. The topological polar surface area (TPSA) is 112 Å². The number of carbonyl (C=O) groups is 1. The van der Waals surface area contributed by atoms with Crippen LogP contribution in [0.4, 0.5) is 0 Å². The first-order valence-corrected chi connectivity index (χ1v) is 11.1. The van der Waals surface area contributed by atoms with Crippen molar-refractivity contribution in [3.63, 3.8) is 0 Å². The van der Waals surface area contributed by atoms with E-state index in [0.717, 1.165) is 19.3 Å². The van der Waals surface area contributed by atoms with Gasteiger partial charge < -0.3 is 26.5 Å². The Balaban J connectivity index is 0. The van der Waals surface area contributed by atoms with Gasteiger partial charge in [-0.25, -0.2) is 0 Å². The van der Waals surface area contributed by atoms with E-state index >= 15 is 0 Å². The molecule has 5 N–H and O–H groups in total. The Labute approximate surface area is 130 Å². The Hall–Kier alpha value is -0.220. The highest BCUT2D eigenvalue weighted by molar-refractivity contribution is 7.73. The average molecular weight is 322 g/mol. The molecule has 6 heteroatoms. The smallest absolute Gasteiger partial charge is 0.0586 e. The third-order valence-electron chi connectivity index (χ3n) is 3.01. The number of rotatable bonds is 11. The van der Waals surface area contributed by atoms with Gasteiger partial charge in [0.05, 0.1) is 12.1 Å². The molecule has 0 fully saturated rings. The van der Waals surface area contributed by atoms with E-state index in [9.17, 15) is 9.90 Å². The second kappa shape index (κ2) is 14.7. The fourth-order valence-corrected chi connectivity index (χ4v) is 2.85. The van der Waals surface area contributed by atoms with Crippen LogP contribution < -0.4 is 16.6 Å². The van der Waals surface area contributed by atoms with E-state index in [0.29, 0.717) is 19.6 Å². The highest BCUT2D eigenvalue weighted by atomic mass is 31.2. The predicted octanol–water partition coefficient (Wildman–Crippen LogP) is 0.639. The molecule has 0 saturated carbocycles. The molecule has 0 spiro atoms. The lowest BCUT2D eigenvalue weighted by Gasteiger charge is -2.10. The van der Waals surface area contributed by atoms with Gasteiger partial charge in [-0.15, -0.1) is 0 Å². The summed E-state index contributed by atoms with van der Waals surface area (Å²) in [6, 6.07) is -0.827. The predicted molar refractivity (Wildman–Crippen MR) is 91.0 cm³/mol. The quantitative estimate of drug-likeness (QED) is 0.382. The number of aliphatic hydroxyl groups excluding tert-OH is 1. The third kappa shape index (κ3) is 22.2. The number of carbonyl (C=O) groups excluding carboxylic acids is 1. The molecule has 0 rings (SSSR count). The van der Waals surface area contributed by atoms with E-state index in [4.69, 9.17) is 16.6 Å². The van der Waals surface area contributed by atoms with Crippen LogP contribution in [0.25, 0.3) is 0 Å². The molecule has 0 heterocycles. The maximum Gasteiger partial charge on any atom is 0.0586 e. The minimum absolute atomic E-state index is 0.366. The van der Waals surface area contributed by atoms with Crippen LogP contribution in [0.5, 0.6) is 0 Å². The lowest BCUT2D eigenvalue weighted by molar-refractivity contribution is -0.307. The minimum Gasteiger partial charge on any atom is -0.548 e. The second-order valence-electron chi connectivity index (χ2n) is 6.36. The van der Waals surface area contributed by atoms with E-state index in [2.05, 4.69) is 20.0 Å². The lowest BCUT2D eigenvalue weighted by Crippen LogP contribution is -2.41. The summed E-state index contributed by atoms with van der Waals surface area (Å²) in [5, 5.41) is 18.6. The van der Waals surface area contributed by atoms with Gasteiger partial charge in [-0.05, 0) is 38.6 Å². The summed E-state index contributed by atoms with van der Waals surface area (Å²) < 4.78 is 0. The summed E-state index contributed by atoms with van der Waals surface area (Å²) in [5.41, 5.74) is 10.3. The van der Waals surface area contributed by atoms with Crippen LogP contribution in [0.15, 0.2) is 0 Å². The Bertz CT molecular complexity index is 246. The molecule has 0 bridgehead atoms. The molecule has 0 aliphatic rings. The molecule has 0 aromatic carbocycles. The number of hydrogen-bond donors (Lipinski definition) is 3. The monoisotopic (exact) mass is 322 g/mol. The summed E-state index contributed by atoms with van der Waals surface area (Å²) in [4.78, 5) is 10.0. The second-order valence-corrected chi connectivity index (χ2v) is 11.4. The van der Waals surface area contributed by atoms with Crippen LogP contribution in [-0.2, 0) is 4.79 Å². The van der Waals surface area contributed by atoms with Gasteiger partial charge in [0, 0.05) is 39.9 Å². The van der Waals surface area contributed by atoms with Crippen molar-refractivity contribution in [1.29, 1.82) is 0 Å². The van der Waals surface area contributed by atoms with Crippen LogP contribution in [-0.4, -0.2) is 56.4 Å². The summed E-state index contributed by atoms with van der Waals surface area (Å²) >= 11 is 0. The van der Waals surface area contributed by atoms with Crippen molar-refractivity contribution in [1.82, 2.24) is 0 Å². The van der Waals surface area contributed by atoms with Crippen molar-refractivity contribution < 1.29 is 15.0 Å². The van der Waals surface area contributed by atoms with Gasteiger partial charge in [-0.2, -0.15) is 0 Å². The molecular weight excluding hydrogens is 287 g/mol. The Kier molecular flexibility index (Phi) is 16.1. The fraction of sp³-hybridized carbons (Fsp3) is 0.933. The highest BCUT2D eigenvalue weighted by Crippen LogP contribution is 2.47. The number of carboxylic acid groups (broad SMARTS) is 1. The van der Waals surface area contributed by atoms with Crippen molar-refractivity contribution in [2.45, 2.75) is 51.0 Å². The summed E-state index contributed by atoms with van der Waals surface area (Å²) in [5.74, 6) is -1.18. The van der Waals surface area contributed by atoms with Gasteiger partial charge in [0.2, 0.25) is 0 Å². The minimum atomic E-state index is -1.18. The zero-order valence-corrected chi connectivity index (χ0v) is 14.9. The zero-order chi connectivity index (χ0) is 16.7. The molecule has 0 radical (unpaired) electrons. The lowest BCUT2D eigenvalue weighted by atomic mass is 10.1. The summed E-state index contributed by atoms with van der Waals surface area (Å²) in [6.07, 6.45) is 8.30. The van der Waals surface area contributed by atoms with E-state index in [1.54, 1.807) is 0 Å². The van der Waals surface area contributed by atoms with E-state index in [1.165, 1.54) is 25.4 Å². The number of hydrogen-bond acceptors (Lipinski definition) is 5. The Morgan fingerprint density at radius 3 is 2.10 bits per heavy atom. The van der Waals surface area contributed by atoms with Gasteiger partial charge in [0.25, 0.3) is 0 Å². The number of unbranched alkanes of at least 4 members (excludes halogenated alkanes) is 4. The third-order valence-corrected chi connectivity index (χ3v) is 4.67. The van der Waals surface area contributed by atoms with Crippen molar-refractivity contribution >= 4 is 13.2 Å². The molecule has 21 heavy (non-hydrogen) atoms. The molecule has 128 valence electrons. The van der Waals surface area contributed by atoms with Crippen molar-refractivity contribution in [3.05, 3.63) is 0 Å². The molecule has 0 aromatic rings. The standard InChI is InChI=1S/C9H22OP.C6H14N2O2/c1-11(2,3)9-7-5-4-6-8-10;7-4-2-1-3-5(8)6(9)10/h10H,4-9H2,1-3H3;5H,1-4,7-8H2,(H,9,10)/q+1;/p-1/t;5-/m.0/s1. The van der Waals surface area contributed by atoms with Gasteiger partial charge in [0.1, 0.15) is 0 Å². The normalized spacial score (nSPS) is 12.5. The highest BCUT2D eigenvalue weighted by Gasteiger charge is 2.15. The van der Waals surface area contributed by atoms with Crippen LogP contribution in [0.1, 0.15) is 44.9 Å². The maximum atomic E-state index is 10.0. The summed E-state index contributed by atoms with van der Waals surface area (Å²) in [7, 11) is -0.527. The molecule has 1 atom stereocenters. The maximum absolute atomic E-state index is 10.0. The van der Waals surface area contributed by atoms with Crippen molar-refractivity contribution in [3.8, 4) is 0 Å². The Morgan fingerprint density at radius 2 is 1.67 bits per heavy atom. The van der Waals surface area contributed by atoms with E-state index < -0.39 is 19.3 Å². The van der Waals surface area contributed by atoms with Gasteiger partial charge in [-0.1, -0.05) is 12.8 Å². The zero-order valence-electron chi connectivity index (χ0n) is 14.0. The van der Waals surface area contributed by atoms with Crippen LogP contribution >= 0.6 is 7.26 Å². The summed E-state index contributed by atoms with van der Waals surface area (Å²) in [6.45, 7) is 8.11. The number of nitrogens with two attached hydrogens (primary N) is 2. The molecule has 0 saturated heterocycles. The number of aliphatic hydroxyl groups is 1. The largest absolute Gasteiger partial charge is 0.548 e. The van der Waals surface area contributed by atoms with Gasteiger partial charge in [0.15, 0.2) is 0 Å². The van der Waals surface area contributed by atoms with Crippen LogP contribution in [0, 0.1) is 0 Å². The molecular formula is C15H35N2O3P. The molecule has 0 unspecified atom stereocenters. The number of carboxylic acids is 1. The van der Waals surface area contributed by atoms with Crippen LogP contribution in [0.2, 0.25) is 0 Å². The van der Waals surface area contributed by atoms with Crippen molar-refractivity contribution in [2.24, 2.45) is 11.5 Å². The first kappa shape index (κ1) is 23.1. The van der Waals surface area contributed by atoms with E-state index in [-0.39, 0.29) is 0 Å². The van der Waals surface area contributed by atoms with Gasteiger partial charge >= 0.3 is 0 Å². The fourth-order valence-electron chi connectivity index (χ4n) is 1.68. The van der Waals surface area contributed by atoms with Gasteiger partial charge in [-0.3, -0.25) is 0 Å². The Morgan fingerprint density at radius 1 is 1.10 bits per heavy atom. The van der Waals surface area contributed by atoms with E-state index in [1.807, 2.05) is 0 Å². The molecule has 5 nitrogen and oxygen atoms in total. The number of aliphatic carboxylic acids is 1. The first-order chi connectivity index (χ1) is 9.74. The first-order valence-electron chi connectivity index (χ1n) is 7.82. The average Bonchev–Trinajstić information content (AvgIpc) is 2.38. The molecule has 0 aliphatic carbocycles. The van der Waals surface area contributed by atoms with Crippen LogP contribution in [0.3, 0.4) is 0 Å². The van der Waals surface area contributed by atoms with Crippen molar-refractivity contribution in [2.75, 3.05) is 39.3 Å². The molecule has 0 aliphatic heterocycles. The molecule has 0 aromatic heterocycles.